The van der Waals surface area contributed by atoms with Gasteiger partial charge in [0.1, 0.15) is 0 Å². The van der Waals surface area contributed by atoms with E-state index in [0.29, 0.717) is 17.5 Å². The topological polar surface area (TPSA) is 49.3 Å². The van der Waals surface area contributed by atoms with Crippen LogP contribution in [0.25, 0.3) is 11.1 Å². The molecule has 0 bridgehead atoms. The van der Waals surface area contributed by atoms with Crippen LogP contribution in [-0.2, 0) is 0 Å². The van der Waals surface area contributed by atoms with E-state index in [1.54, 1.807) is 0 Å². The molecule has 2 aromatic carbocycles. The molecule has 1 saturated heterocycles. The van der Waals surface area contributed by atoms with Crippen LogP contribution < -0.4 is 4.90 Å². The number of amides is 1. The van der Waals surface area contributed by atoms with Crippen LogP contribution in [0.2, 0.25) is 5.02 Å². The number of piperidine rings is 1. The van der Waals surface area contributed by atoms with Crippen LogP contribution in [0.1, 0.15) is 34.8 Å². The van der Waals surface area contributed by atoms with Crippen molar-refractivity contribution < 1.29 is 4.79 Å². The second-order valence-corrected chi connectivity index (χ2v) is 8.26. The summed E-state index contributed by atoms with van der Waals surface area (Å²) in [5.74, 6) is 0.906. The second kappa shape index (κ2) is 8.84. The smallest absolute Gasteiger partial charge is 0.253 e. The maximum absolute atomic E-state index is 13.0. The third kappa shape index (κ3) is 4.31. The van der Waals surface area contributed by atoms with Crippen LogP contribution in [0.5, 0.6) is 0 Å². The van der Waals surface area contributed by atoms with E-state index < -0.39 is 0 Å². The summed E-state index contributed by atoms with van der Waals surface area (Å²) in [5.41, 5.74) is 3.75. The summed E-state index contributed by atoms with van der Waals surface area (Å²) in [5, 5.41) is 0.698. The molecule has 1 fully saturated rings. The van der Waals surface area contributed by atoms with Gasteiger partial charge in [0.15, 0.2) is 0 Å². The summed E-state index contributed by atoms with van der Waals surface area (Å²) in [6.07, 6.45) is 3.83. The van der Waals surface area contributed by atoms with Crippen LogP contribution in [0.4, 0.5) is 5.95 Å². The van der Waals surface area contributed by atoms with E-state index in [4.69, 9.17) is 16.6 Å². The highest BCUT2D eigenvalue weighted by atomic mass is 35.5. The molecule has 154 valence electrons. The second-order valence-electron chi connectivity index (χ2n) is 7.83. The Morgan fingerprint density at radius 3 is 2.53 bits per heavy atom. The van der Waals surface area contributed by atoms with Crippen molar-refractivity contribution >= 4 is 23.5 Å². The van der Waals surface area contributed by atoms with E-state index in [0.717, 1.165) is 41.8 Å². The zero-order chi connectivity index (χ0) is 21.1. The van der Waals surface area contributed by atoms with Crippen molar-refractivity contribution in [2.24, 2.45) is 0 Å². The van der Waals surface area contributed by atoms with Crippen molar-refractivity contribution in [3.8, 4) is 11.1 Å². The first-order chi connectivity index (χ1) is 14.5. The van der Waals surface area contributed by atoms with E-state index in [1.807, 2.05) is 84.7 Å². The first kappa shape index (κ1) is 20.4. The summed E-state index contributed by atoms with van der Waals surface area (Å²) < 4.78 is 0. The quantitative estimate of drug-likeness (QED) is 0.603. The molecule has 1 amide bonds. The lowest BCUT2D eigenvalue weighted by Crippen LogP contribution is -2.39. The molecule has 2 heterocycles. The van der Waals surface area contributed by atoms with Gasteiger partial charge in [-0.05, 0) is 42.7 Å². The number of anilines is 1. The lowest BCUT2D eigenvalue weighted by atomic mass is 9.89. The summed E-state index contributed by atoms with van der Waals surface area (Å²) >= 11 is 6.08. The molecule has 0 N–H and O–H groups in total. The molecular formula is C24H25ClN4O. The van der Waals surface area contributed by atoms with E-state index in [1.165, 1.54) is 0 Å². The summed E-state index contributed by atoms with van der Waals surface area (Å²) in [4.78, 5) is 26.3. The molecule has 1 aromatic heterocycles. The van der Waals surface area contributed by atoms with Gasteiger partial charge in [-0.1, -0.05) is 41.9 Å². The Bertz CT molecular complexity index is 1020. The van der Waals surface area contributed by atoms with Gasteiger partial charge >= 0.3 is 0 Å². The molecule has 1 aliphatic heterocycles. The lowest BCUT2D eigenvalue weighted by molar-refractivity contribution is 0.0706. The Morgan fingerprint density at radius 2 is 1.83 bits per heavy atom. The standard InChI is InChI=1S/C24H25ClN4O/c1-28(2)24-26-15-21(17-10-12-20(25)13-11-17)22(27-24)19-9-6-14-29(16-19)23(30)18-7-4-3-5-8-18/h3-5,7-8,10-13,15,19H,6,9,14,16H2,1-2H3/t19-/m1/s1. The Kier molecular flexibility index (Phi) is 6.00. The summed E-state index contributed by atoms with van der Waals surface area (Å²) in [7, 11) is 3.88. The highest BCUT2D eigenvalue weighted by Gasteiger charge is 2.28. The minimum atomic E-state index is 0.0789. The number of rotatable bonds is 4. The van der Waals surface area contributed by atoms with Gasteiger partial charge in [0.2, 0.25) is 5.95 Å². The van der Waals surface area contributed by atoms with Crippen molar-refractivity contribution in [1.29, 1.82) is 0 Å². The average Bonchev–Trinajstić information content (AvgIpc) is 2.79. The number of halogens is 1. The van der Waals surface area contributed by atoms with E-state index in [9.17, 15) is 4.79 Å². The van der Waals surface area contributed by atoms with Crippen molar-refractivity contribution in [3.63, 3.8) is 0 Å². The fourth-order valence-corrected chi connectivity index (χ4v) is 4.04. The van der Waals surface area contributed by atoms with Gasteiger partial charge in [-0.25, -0.2) is 9.97 Å². The van der Waals surface area contributed by atoms with Crippen molar-refractivity contribution in [2.75, 3.05) is 32.1 Å². The minimum absolute atomic E-state index is 0.0789. The monoisotopic (exact) mass is 420 g/mol. The molecule has 1 atom stereocenters. The van der Waals surface area contributed by atoms with Crippen molar-refractivity contribution in [1.82, 2.24) is 14.9 Å². The fourth-order valence-electron chi connectivity index (χ4n) is 3.91. The first-order valence-corrected chi connectivity index (χ1v) is 10.6. The largest absolute Gasteiger partial charge is 0.347 e. The molecule has 5 nitrogen and oxygen atoms in total. The van der Waals surface area contributed by atoms with E-state index >= 15 is 0 Å². The van der Waals surface area contributed by atoms with Crippen molar-refractivity contribution in [3.05, 3.63) is 77.1 Å². The number of benzene rings is 2. The molecular weight excluding hydrogens is 396 g/mol. The predicted molar refractivity (Wildman–Crippen MR) is 121 cm³/mol. The van der Waals surface area contributed by atoms with Crippen molar-refractivity contribution in [2.45, 2.75) is 18.8 Å². The van der Waals surface area contributed by atoms with Gasteiger partial charge in [-0.15, -0.1) is 0 Å². The maximum Gasteiger partial charge on any atom is 0.253 e. The van der Waals surface area contributed by atoms with Gasteiger partial charge in [0.25, 0.3) is 5.91 Å². The molecule has 3 aromatic rings. The number of hydrogen-bond donors (Lipinski definition) is 0. The van der Waals surface area contributed by atoms with Crippen LogP contribution in [0, 0.1) is 0 Å². The highest BCUT2D eigenvalue weighted by molar-refractivity contribution is 6.30. The zero-order valence-corrected chi connectivity index (χ0v) is 18.0. The van der Waals surface area contributed by atoms with Crippen LogP contribution >= 0.6 is 11.6 Å². The number of hydrogen-bond acceptors (Lipinski definition) is 4. The molecule has 0 radical (unpaired) electrons. The highest BCUT2D eigenvalue weighted by Crippen LogP contribution is 2.34. The number of nitrogens with zero attached hydrogens (tertiary/aromatic N) is 4. The third-order valence-electron chi connectivity index (χ3n) is 5.48. The number of likely N-dealkylation sites (tertiary alicyclic amines) is 1. The number of carbonyl (C=O) groups excluding carboxylic acids is 1. The number of aromatic nitrogens is 2. The van der Waals surface area contributed by atoms with Gasteiger partial charge in [0, 0.05) is 55.4 Å². The normalized spacial score (nSPS) is 16.4. The molecule has 0 spiro atoms. The summed E-state index contributed by atoms with van der Waals surface area (Å²) in [6.45, 7) is 1.42. The molecule has 0 aliphatic carbocycles. The first-order valence-electron chi connectivity index (χ1n) is 10.2. The zero-order valence-electron chi connectivity index (χ0n) is 17.3. The summed E-state index contributed by atoms with van der Waals surface area (Å²) in [6, 6.07) is 17.2. The lowest BCUT2D eigenvalue weighted by Gasteiger charge is -2.33. The van der Waals surface area contributed by atoms with E-state index in [-0.39, 0.29) is 11.8 Å². The molecule has 6 heteroatoms. The molecule has 0 unspecified atom stereocenters. The molecule has 0 saturated carbocycles. The van der Waals surface area contributed by atoms with Gasteiger partial charge in [-0.3, -0.25) is 4.79 Å². The van der Waals surface area contributed by atoms with Crippen LogP contribution in [0.3, 0.4) is 0 Å². The Hall–Kier alpha value is -2.92. The predicted octanol–water partition coefficient (Wildman–Crippen LogP) is 4.88. The van der Waals surface area contributed by atoms with Gasteiger partial charge in [-0.2, -0.15) is 0 Å². The Morgan fingerprint density at radius 1 is 1.10 bits per heavy atom. The fraction of sp³-hybridized carbons (Fsp3) is 0.292. The minimum Gasteiger partial charge on any atom is -0.347 e. The molecule has 30 heavy (non-hydrogen) atoms. The number of carbonyl (C=O) groups is 1. The van der Waals surface area contributed by atoms with Crippen LogP contribution in [-0.4, -0.2) is 48.0 Å². The van der Waals surface area contributed by atoms with Gasteiger partial charge in [0.05, 0.1) is 5.69 Å². The maximum atomic E-state index is 13.0. The van der Waals surface area contributed by atoms with E-state index in [2.05, 4.69) is 4.98 Å². The SMILES string of the molecule is CN(C)c1ncc(-c2ccc(Cl)cc2)c([C@@H]2CCCN(C(=O)c3ccccc3)C2)n1. The third-order valence-corrected chi connectivity index (χ3v) is 5.73. The Balaban J connectivity index is 1.68. The molecule has 4 rings (SSSR count). The average molecular weight is 421 g/mol. The van der Waals surface area contributed by atoms with Gasteiger partial charge < -0.3 is 9.80 Å². The Labute approximate surface area is 182 Å². The molecule has 1 aliphatic rings. The van der Waals surface area contributed by atoms with Crippen LogP contribution in [0.15, 0.2) is 60.8 Å².